The lowest BCUT2D eigenvalue weighted by atomic mass is 10.1. The van der Waals surface area contributed by atoms with E-state index in [4.69, 9.17) is 4.74 Å². The van der Waals surface area contributed by atoms with Crippen molar-refractivity contribution in [3.8, 4) is 0 Å². The van der Waals surface area contributed by atoms with Gasteiger partial charge in [0.1, 0.15) is 6.33 Å². The molecule has 8 heteroatoms. The zero-order valence-electron chi connectivity index (χ0n) is 12.2. The maximum atomic E-state index is 11.2. The maximum absolute atomic E-state index is 11.2. The minimum atomic E-state index is -0.494. The van der Waals surface area contributed by atoms with Crippen LogP contribution in [0.5, 0.6) is 0 Å². The summed E-state index contributed by atoms with van der Waals surface area (Å²) in [7, 11) is 1.58. The van der Waals surface area contributed by atoms with Crippen LogP contribution >= 0.6 is 0 Å². The van der Waals surface area contributed by atoms with E-state index < -0.39 is 4.92 Å². The normalized spacial score (nSPS) is 12.2. The molecule has 0 aromatic carbocycles. The number of nitrogens with one attached hydrogen (secondary N) is 2. The van der Waals surface area contributed by atoms with E-state index in [0.29, 0.717) is 13.2 Å². The van der Waals surface area contributed by atoms with E-state index in [-0.39, 0.29) is 29.3 Å². The molecule has 112 valence electrons. The standard InChI is InChI=1S/C12H21N5O3/c1-5-20-6-9(8(2)3)16-12-10(17(18)19)11(13-4)14-7-15-12/h7-9H,5-6H2,1-4H3,(H2,13,14,15,16). The van der Waals surface area contributed by atoms with Crippen molar-refractivity contribution in [1.29, 1.82) is 0 Å². The van der Waals surface area contributed by atoms with Gasteiger partial charge in [0.2, 0.25) is 11.6 Å². The zero-order valence-corrected chi connectivity index (χ0v) is 12.2. The fourth-order valence-corrected chi connectivity index (χ4v) is 1.66. The summed E-state index contributed by atoms with van der Waals surface area (Å²) < 4.78 is 5.39. The van der Waals surface area contributed by atoms with Gasteiger partial charge in [0.05, 0.1) is 17.6 Å². The number of nitro groups is 1. The van der Waals surface area contributed by atoms with Gasteiger partial charge in [-0.2, -0.15) is 0 Å². The van der Waals surface area contributed by atoms with Crippen LogP contribution in [0.4, 0.5) is 17.3 Å². The molecule has 1 unspecified atom stereocenters. The van der Waals surface area contributed by atoms with E-state index in [1.54, 1.807) is 7.05 Å². The second-order valence-corrected chi connectivity index (χ2v) is 4.58. The monoisotopic (exact) mass is 283 g/mol. The van der Waals surface area contributed by atoms with E-state index in [9.17, 15) is 10.1 Å². The van der Waals surface area contributed by atoms with Gasteiger partial charge in [-0.15, -0.1) is 0 Å². The molecule has 1 aromatic rings. The Bertz CT molecular complexity index is 453. The molecule has 0 saturated carbocycles. The lowest BCUT2D eigenvalue weighted by Gasteiger charge is -2.22. The molecular formula is C12H21N5O3. The van der Waals surface area contributed by atoms with Crippen molar-refractivity contribution >= 4 is 17.3 Å². The summed E-state index contributed by atoms with van der Waals surface area (Å²) in [4.78, 5) is 18.5. The van der Waals surface area contributed by atoms with Gasteiger partial charge in [-0.25, -0.2) is 9.97 Å². The van der Waals surface area contributed by atoms with Crippen LogP contribution in [0.15, 0.2) is 6.33 Å². The van der Waals surface area contributed by atoms with Crippen molar-refractivity contribution in [2.75, 3.05) is 30.9 Å². The zero-order chi connectivity index (χ0) is 15.1. The number of aromatic nitrogens is 2. The largest absolute Gasteiger partial charge is 0.380 e. The molecule has 8 nitrogen and oxygen atoms in total. The van der Waals surface area contributed by atoms with Crippen LogP contribution in [0.1, 0.15) is 20.8 Å². The fraction of sp³-hybridized carbons (Fsp3) is 0.667. The Balaban J connectivity index is 3.02. The molecule has 1 heterocycles. The molecule has 0 radical (unpaired) electrons. The quantitative estimate of drug-likeness (QED) is 0.554. The third-order valence-corrected chi connectivity index (χ3v) is 2.87. The third-order valence-electron chi connectivity index (χ3n) is 2.87. The van der Waals surface area contributed by atoms with Gasteiger partial charge in [0, 0.05) is 13.7 Å². The predicted octanol–water partition coefficient (Wildman–Crippen LogP) is 1.90. The van der Waals surface area contributed by atoms with Crippen LogP contribution in [0.25, 0.3) is 0 Å². The fourth-order valence-electron chi connectivity index (χ4n) is 1.66. The highest BCUT2D eigenvalue weighted by molar-refractivity contribution is 5.69. The molecule has 0 saturated heterocycles. The Hall–Kier alpha value is -1.96. The summed E-state index contributed by atoms with van der Waals surface area (Å²) in [5.74, 6) is 0.633. The number of rotatable bonds is 8. The van der Waals surface area contributed by atoms with E-state index in [1.165, 1.54) is 6.33 Å². The van der Waals surface area contributed by atoms with Gasteiger partial charge in [0.25, 0.3) is 0 Å². The maximum Gasteiger partial charge on any atom is 0.353 e. The Labute approximate surface area is 118 Å². The van der Waals surface area contributed by atoms with Crippen molar-refractivity contribution in [3.05, 3.63) is 16.4 Å². The number of anilines is 2. The molecule has 1 atom stereocenters. The first-order valence-electron chi connectivity index (χ1n) is 6.52. The van der Waals surface area contributed by atoms with Crippen molar-refractivity contribution in [2.24, 2.45) is 5.92 Å². The van der Waals surface area contributed by atoms with Crippen LogP contribution in [0.2, 0.25) is 0 Å². The molecule has 0 aliphatic rings. The van der Waals surface area contributed by atoms with Gasteiger partial charge in [-0.3, -0.25) is 10.1 Å². The second-order valence-electron chi connectivity index (χ2n) is 4.58. The SMILES string of the molecule is CCOCC(Nc1ncnc(NC)c1[N+](=O)[O-])C(C)C. The summed E-state index contributed by atoms with van der Waals surface area (Å²) in [6.07, 6.45) is 1.29. The van der Waals surface area contributed by atoms with Crippen LogP contribution in [-0.2, 0) is 4.74 Å². The molecule has 0 spiro atoms. The molecule has 0 aliphatic heterocycles. The first kappa shape index (κ1) is 16.1. The third kappa shape index (κ3) is 4.02. The highest BCUT2D eigenvalue weighted by Gasteiger charge is 2.25. The van der Waals surface area contributed by atoms with Crippen molar-refractivity contribution < 1.29 is 9.66 Å². The predicted molar refractivity (Wildman–Crippen MR) is 77.0 cm³/mol. The van der Waals surface area contributed by atoms with Crippen LogP contribution in [0.3, 0.4) is 0 Å². The smallest absolute Gasteiger partial charge is 0.353 e. The summed E-state index contributed by atoms with van der Waals surface area (Å²) in [6.45, 7) is 7.00. The Kier molecular flexibility index (Phi) is 6.10. The molecular weight excluding hydrogens is 262 g/mol. The molecule has 0 fully saturated rings. The number of ether oxygens (including phenoxy) is 1. The van der Waals surface area contributed by atoms with Gasteiger partial charge in [-0.05, 0) is 12.8 Å². The van der Waals surface area contributed by atoms with Gasteiger partial charge in [0.15, 0.2) is 0 Å². The van der Waals surface area contributed by atoms with Gasteiger partial charge >= 0.3 is 5.69 Å². The lowest BCUT2D eigenvalue weighted by Crippen LogP contribution is -2.31. The highest BCUT2D eigenvalue weighted by Crippen LogP contribution is 2.29. The molecule has 20 heavy (non-hydrogen) atoms. The van der Waals surface area contributed by atoms with Crippen molar-refractivity contribution in [2.45, 2.75) is 26.8 Å². The highest BCUT2D eigenvalue weighted by atomic mass is 16.6. The number of nitrogens with zero attached hydrogens (tertiary/aromatic N) is 3. The van der Waals surface area contributed by atoms with Gasteiger partial charge < -0.3 is 15.4 Å². The molecule has 1 rings (SSSR count). The lowest BCUT2D eigenvalue weighted by molar-refractivity contribution is -0.383. The average Bonchev–Trinajstić information content (AvgIpc) is 2.42. The van der Waals surface area contributed by atoms with E-state index in [0.717, 1.165) is 0 Å². The molecule has 0 amide bonds. The topological polar surface area (TPSA) is 102 Å². The minimum Gasteiger partial charge on any atom is -0.380 e. The Morgan fingerprint density at radius 3 is 2.55 bits per heavy atom. The average molecular weight is 283 g/mol. The van der Waals surface area contributed by atoms with Crippen LogP contribution in [0, 0.1) is 16.0 Å². The second kappa shape index (κ2) is 7.59. The first-order chi connectivity index (χ1) is 9.51. The van der Waals surface area contributed by atoms with Crippen molar-refractivity contribution in [3.63, 3.8) is 0 Å². The molecule has 1 aromatic heterocycles. The van der Waals surface area contributed by atoms with E-state index in [2.05, 4.69) is 20.6 Å². The minimum absolute atomic E-state index is 0.0618. The summed E-state index contributed by atoms with van der Waals surface area (Å²) in [6, 6.07) is -0.0618. The van der Waals surface area contributed by atoms with E-state index in [1.807, 2.05) is 20.8 Å². The Morgan fingerprint density at radius 2 is 2.05 bits per heavy atom. The summed E-state index contributed by atoms with van der Waals surface area (Å²) >= 11 is 0. The summed E-state index contributed by atoms with van der Waals surface area (Å²) in [5.41, 5.74) is -0.155. The Morgan fingerprint density at radius 1 is 1.40 bits per heavy atom. The van der Waals surface area contributed by atoms with E-state index >= 15 is 0 Å². The van der Waals surface area contributed by atoms with Gasteiger partial charge in [-0.1, -0.05) is 13.8 Å². The number of hydrogen-bond acceptors (Lipinski definition) is 7. The molecule has 0 bridgehead atoms. The molecule has 2 N–H and O–H groups in total. The van der Waals surface area contributed by atoms with Crippen LogP contribution < -0.4 is 10.6 Å². The van der Waals surface area contributed by atoms with Crippen LogP contribution in [-0.4, -0.2) is 41.2 Å². The first-order valence-corrected chi connectivity index (χ1v) is 6.52. The van der Waals surface area contributed by atoms with Crippen molar-refractivity contribution in [1.82, 2.24) is 9.97 Å². The number of hydrogen-bond donors (Lipinski definition) is 2. The molecule has 0 aliphatic carbocycles. The summed E-state index contributed by atoms with van der Waals surface area (Å²) in [5, 5.41) is 17.0.